The highest BCUT2D eigenvalue weighted by Gasteiger charge is 2.19. The number of anilines is 1. The molecule has 1 fully saturated rings. The number of aromatic nitrogens is 1. The number of benzene rings is 2. The van der Waals surface area contributed by atoms with Crippen molar-refractivity contribution in [1.29, 1.82) is 0 Å². The predicted molar refractivity (Wildman–Crippen MR) is 118 cm³/mol. The molecule has 0 radical (unpaired) electrons. The summed E-state index contributed by atoms with van der Waals surface area (Å²) in [5, 5.41) is 12.9. The molecule has 0 bridgehead atoms. The first-order chi connectivity index (χ1) is 15.4. The van der Waals surface area contributed by atoms with E-state index in [1.807, 2.05) is 0 Å². The van der Waals surface area contributed by atoms with E-state index < -0.39 is 11.9 Å². The molecule has 0 aliphatic carbocycles. The molecule has 1 aromatic heterocycles. The lowest BCUT2D eigenvalue weighted by Gasteiger charge is -2.22. The number of carbonyl (C=O) groups is 3. The summed E-state index contributed by atoms with van der Waals surface area (Å²) < 4.78 is 12.7. The van der Waals surface area contributed by atoms with Gasteiger partial charge in [0, 0.05) is 30.8 Å². The predicted octanol–water partition coefficient (Wildman–Crippen LogP) is 4.30. The number of hydrogen-bond donors (Lipinski definition) is 2. The molecule has 1 aliphatic heterocycles. The van der Waals surface area contributed by atoms with Crippen LogP contribution in [0.2, 0.25) is 0 Å². The average molecular weight is 436 g/mol. The minimum atomic E-state index is -1.11. The number of carbonyl (C=O) groups excluding carboxylic acids is 2. The Kier molecular flexibility index (Phi) is 6.34. The van der Waals surface area contributed by atoms with Crippen LogP contribution in [-0.2, 0) is 16.1 Å². The summed E-state index contributed by atoms with van der Waals surface area (Å²) in [6, 6.07) is 11.7. The smallest absolute Gasteiger partial charge is 0.335 e. The van der Waals surface area contributed by atoms with E-state index in [1.165, 1.54) is 29.8 Å². The summed E-state index contributed by atoms with van der Waals surface area (Å²) in [6.45, 7) is 2.24. The average Bonchev–Trinajstić information content (AvgIpc) is 3.18. The summed E-state index contributed by atoms with van der Waals surface area (Å²) in [5.41, 5.74) is 1.94. The van der Waals surface area contributed by atoms with E-state index in [0.29, 0.717) is 34.3 Å². The zero-order valence-electron chi connectivity index (χ0n) is 17.7. The summed E-state index contributed by atoms with van der Waals surface area (Å²) >= 11 is 0. The SMILES string of the molecule is CC(=O)n1cc(C(=O)Nc2cc(CO[C@H]3CCCCO3)cc(C(=O)O)c2)c2ccccc21. The Morgan fingerprint density at radius 2 is 2.00 bits per heavy atom. The number of nitrogens with zero attached hydrogens (tertiary/aromatic N) is 1. The van der Waals surface area contributed by atoms with Crippen LogP contribution < -0.4 is 5.32 Å². The highest BCUT2D eigenvalue weighted by atomic mass is 16.7. The summed E-state index contributed by atoms with van der Waals surface area (Å²) in [7, 11) is 0. The van der Waals surface area contributed by atoms with Gasteiger partial charge in [-0.2, -0.15) is 0 Å². The van der Waals surface area contributed by atoms with E-state index in [4.69, 9.17) is 9.47 Å². The minimum Gasteiger partial charge on any atom is -0.478 e. The van der Waals surface area contributed by atoms with Crippen molar-refractivity contribution in [3.05, 3.63) is 65.4 Å². The maximum absolute atomic E-state index is 13.0. The van der Waals surface area contributed by atoms with E-state index >= 15 is 0 Å². The lowest BCUT2D eigenvalue weighted by atomic mass is 10.1. The molecule has 1 atom stereocenters. The summed E-state index contributed by atoms with van der Waals surface area (Å²) in [4.78, 5) is 36.6. The number of carboxylic acid groups (broad SMARTS) is 1. The molecule has 1 saturated heterocycles. The molecular weight excluding hydrogens is 412 g/mol. The molecular formula is C24H24N2O6. The van der Waals surface area contributed by atoms with Crippen LogP contribution in [-0.4, -0.2) is 40.4 Å². The van der Waals surface area contributed by atoms with Crippen molar-refractivity contribution in [2.24, 2.45) is 0 Å². The Morgan fingerprint density at radius 1 is 1.19 bits per heavy atom. The van der Waals surface area contributed by atoms with Crippen LogP contribution in [0, 0.1) is 0 Å². The first-order valence-electron chi connectivity index (χ1n) is 10.5. The molecule has 2 N–H and O–H groups in total. The second-order valence-electron chi connectivity index (χ2n) is 7.73. The van der Waals surface area contributed by atoms with Crippen molar-refractivity contribution in [3.63, 3.8) is 0 Å². The van der Waals surface area contributed by atoms with Crippen molar-refractivity contribution < 1.29 is 29.0 Å². The molecule has 3 aromatic rings. The maximum atomic E-state index is 13.0. The van der Waals surface area contributed by atoms with Gasteiger partial charge in [0.2, 0.25) is 5.91 Å². The molecule has 32 heavy (non-hydrogen) atoms. The van der Waals surface area contributed by atoms with E-state index in [9.17, 15) is 19.5 Å². The van der Waals surface area contributed by atoms with Gasteiger partial charge < -0.3 is 19.9 Å². The molecule has 8 nitrogen and oxygen atoms in total. The van der Waals surface area contributed by atoms with Crippen molar-refractivity contribution in [2.75, 3.05) is 11.9 Å². The molecule has 1 aliphatic rings. The van der Waals surface area contributed by atoms with E-state index in [-0.39, 0.29) is 24.4 Å². The van der Waals surface area contributed by atoms with Crippen LogP contribution in [0.4, 0.5) is 5.69 Å². The lowest BCUT2D eigenvalue weighted by molar-refractivity contribution is -0.168. The normalized spacial score (nSPS) is 16.1. The zero-order chi connectivity index (χ0) is 22.7. The summed E-state index contributed by atoms with van der Waals surface area (Å²) in [5.74, 6) is -1.76. The third-order valence-corrected chi connectivity index (χ3v) is 5.37. The molecule has 0 spiro atoms. The number of nitrogens with one attached hydrogen (secondary N) is 1. The molecule has 1 amide bonds. The Bertz CT molecular complexity index is 1180. The van der Waals surface area contributed by atoms with Crippen molar-refractivity contribution >= 4 is 34.4 Å². The van der Waals surface area contributed by atoms with Crippen LogP contribution in [0.1, 0.15) is 57.3 Å². The largest absolute Gasteiger partial charge is 0.478 e. The van der Waals surface area contributed by atoms with E-state index in [1.54, 1.807) is 30.3 Å². The number of aromatic carboxylic acids is 1. The van der Waals surface area contributed by atoms with Crippen LogP contribution in [0.15, 0.2) is 48.7 Å². The van der Waals surface area contributed by atoms with Crippen molar-refractivity contribution in [3.8, 4) is 0 Å². The van der Waals surface area contributed by atoms with Gasteiger partial charge in [-0.15, -0.1) is 0 Å². The van der Waals surface area contributed by atoms with Gasteiger partial charge in [0.05, 0.1) is 23.3 Å². The van der Waals surface area contributed by atoms with Crippen LogP contribution in [0.25, 0.3) is 10.9 Å². The third-order valence-electron chi connectivity index (χ3n) is 5.37. The van der Waals surface area contributed by atoms with Crippen LogP contribution >= 0.6 is 0 Å². The number of hydrogen-bond acceptors (Lipinski definition) is 5. The molecule has 166 valence electrons. The standard InChI is InChI=1S/C24H24N2O6/c1-15(27)26-13-20(19-6-2-3-7-21(19)26)23(28)25-18-11-16(10-17(12-18)24(29)30)14-32-22-8-4-5-9-31-22/h2-3,6-7,10-13,22H,4-5,8-9,14H2,1H3,(H,25,28)(H,29,30)/t22-/m0/s1. The Morgan fingerprint density at radius 3 is 2.72 bits per heavy atom. The quantitative estimate of drug-likeness (QED) is 0.597. The Labute approximate surface area is 184 Å². The number of amides is 1. The van der Waals surface area contributed by atoms with Gasteiger partial charge >= 0.3 is 5.97 Å². The maximum Gasteiger partial charge on any atom is 0.335 e. The molecule has 8 heteroatoms. The molecule has 4 rings (SSSR count). The van der Waals surface area contributed by atoms with Gasteiger partial charge in [-0.1, -0.05) is 18.2 Å². The second kappa shape index (κ2) is 9.33. The number of ether oxygens (including phenoxy) is 2. The Hall–Kier alpha value is -3.49. The highest BCUT2D eigenvalue weighted by Crippen LogP contribution is 2.24. The van der Waals surface area contributed by atoms with Crippen LogP contribution in [0.5, 0.6) is 0 Å². The minimum absolute atomic E-state index is 0.0390. The van der Waals surface area contributed by atoms with Crippen molar-refractivity contribution in [1.82, 2.24) is 4.57 Å². The van der Waals surface area contributed by atoms with Gasteiger partial charge in [-0.05, 0) is 49.1 Å². The number of fused-ring (bicyclic) bond motifs is 1. The first-order valence-corrected chi connectivity index (χ1v) is 10.5. The van der Waals surface area contributed by atoms with Gasteiger partial charge in [-0.25, -0.2) is 4.79 Å². The Balaban J connectivity index is 1.58. The highest BCUT2D eigenvalue weighted by molar-refractivity contribution is 6.14. The number of para-hydroxylation sites is 1. The van der Waals surface area contributed by atoms with E-state index in [2.05, 4.69) is 5.32 Å². The second-order valence-corrected chi connectivity index (χ2v) is 7.73. The van der Waals surface area contributed by atoms with Gasteiger partial charge in [0.25, 0.3) is 5.91 Å². The van der Waals surface area contributed by atoms with Crippen molar-refractivity contribution in [2.45, 2.75) is 39.1 Å². The molecule has 0 unspecified atom stereocenters. The third kappa shape index (κ3) is 4.71. The molecule has 0 saturated carbocycles. The molecule has 2 aromatic carbocycles. The summed E-state index contributed by atoms with van der Waals surface area (Å²) in [6.07, 6.45) is 4.00. The van der Waals surface area contributed by atoms with Gasteiger partial charge in [0.1, 0.15) is 0 Å². The van der Waals surface area contributed by atoms with Crippen LogP contribution in [0.3, 0.4) is 0 Å². The fourth-order valence-electron chi connectivity index (χ4n) is 3.82. The lowest BCUT2D eigenvalue weighted by Crippen LogP contribution is -2.22. The fourth-order valence-corrected chi connectivity index (χ4v) is 3.82. The monoisotopic (exact) mass is 436 g/mol. The zero-order valence-corrected chi connectivity index (χ0v) is 17.7. The number of carboxylic acids is 1. The first kappa shape index (κ1) is 21.7. The fraction of sp³-hybridized carbons (Fsp3) is 0.292. The number of rotatable bonds is 6. The molecule has 2 heterocycles. The van der Waals surface area contributed by atoms with E-state index in [0.717, 1.165) is 19.3 Å². The topological polar surface area (TPSA) is 107 Å². The van der Waals surface area contributed by atoms with Gasteiger partial charge in [-0.3, -0.25) is 14.2 Å². The van der Waals surface area contributed by atoms with Gasteiger partial charge in [0.15, 0.2) is 6.29 Å².